The number of anilines is 3. The van der Waals surface area contributed by atoms with Gasteiger partial charge in [0.05, 0.1) is 11.4 Å². The summed E-state index contributed by atoms with van der Waals surface area (Å²) in [5, 5.41) is 7.43. The Morgan fingerprint density at radius 1 is 0.414 bits per heavy atom. The quantitative estimate of drug-likeness (QED) is 0.162. The highest BCUT2D eigenvalue weighted by Gasteiger charge is 2.25. The highest BCUT2D eigenvalue weighted by molar-refractivity contribution is 6.11. The monoisotopic (exact) mass is 745 g/mol. The summed E-state index contributed by atoms with van der Waals surface area (Å²) in [5.41, 5.74) is 13.7. The van der Waals surface area contributed by atoms with Crippen molar-refractivity contribution in [1.29, 1.82) is 0 Å². The molecule has 0 bridgehead atoms. The highest BCUT2D eigenvalue weighted by atomic mass is 16.3. The van der Waals surface area contributed by atoms with Crippen molar-refractivity contribution in [2.24, 2.45) is 0 Å². The summed E-state index contributed by atoms with van der Waals surface area (Å²) in [4.78, 5) is 2.49. The van der Waals surface area contributed by atoms with E-state index in [4.69, 9.17) is 4.42 Å². The summed E-state index contributed by atoms with van der Waals surface area (Å²) >= 11 is 0. The second-order valence-corrected chi connectivity index (χ2v) is 15.8. The van der Waals surface area contributed by atoms with Crippen LogP contribution in [0.25, 0.3) is 76.9 Å². The van der Waals surface area contributed by atoms with Crippen LogP contribution in [0.1, 0.15) is 43.6 Å². The third kappa shape index (κ3) is 5.87. The average Bonchev–Trinajstić information content (AvgIpc) is 3.68. The lowest BCUT2D eigenvalue weighted by atomic mass is 9.80. The minimum absolute atomic E-state index is 0.573. The number of fused-ring (bicyclic) bond motifs is 5. The third-order valence-electron chi connectivity index (χ3n) is 12.5. The highest BCUT2D eigenvalue weighted by Crippen LogP contribution is 2.49. The Hall–Kier alpha value is -6.90. The fourth-order valence-corrected chi connectivity index (χ4v) is 9.80. The standard InChI is InChI=1S/C56H43NO/c1-2-17-39(18-3-1)45-30-14-21-40-22-15-31-49(55(40)45)46-26-6-9-34-52(46)57(42-24-12-23-41(37-42)44-29-13-20-38-19-4-5-25-43(38)44)53-35-10-7-27-47(53)50-32-16-33-51-48-28-8-11-36-54(48)58-56(50)51/h4-16,19-37,39H,1-3,17-18H2. The number of para-hydroxylation sites is 4. The van der Waals surface area contributed by atoms with E-state index in [1.807, 2.05) is 6.07 Å². The SMILES string of the molecule is c1cc(-c2cccc3ccccc23)cc(N(c2ccccc2-c2cccc3c2oc2ccccc23)c2ccccc2-c2cccc3cccc(C4CCCCC4)c23)c1. The molecule has 1 saturated carbocycles. The van der Waals surface area contributed by atoms with Crippen LogP contribution in [0, 0.1) is 0 Å². The molecule has 0 radical (unpaired) electrons. The summed E-state index contributed by atoms with van der Waals surface area (Å²) in [6, 6.07) is 71.0. The molecule has 0 saturated heterocycles. The van der Waals surface area contributed by atoms with Crippen LogP contribution in [-0.4, -0.2) is 0 Å². The van der Waals surface area contributed by atoms with Crippen molar-refractivity contribution in [3.63, 3.8) is 0 Å². The van der Waals surface area contributed by atoms with E-state index in [0.29, 0.717) is 5.92 Å². The van der Waals surface area contributed by atoms with Crippen LogP contribution in [0.15, 0.2) is 199 Å². The van der Waals surface area contributed by atoms with E-state index in [2.05, 4.69) is 193 Å². The fourth-order valence-electron chi connectivity index (χ4n) is 9.80. The van der Waals surface area contributed by atoms with Crippen LogP contribution in [0.5, 0.6) is 0 Å². The van der Waals surface area contributed by atoms with Gasteiger partial charge in [-0.25, -0.2) is 0 Å². The Bertz CT molecular complexity index is 3120. The molecule has 58 heavy (non-hydrogen) atoms. The molecule has 0 spiro atoms. The van der Waals surface area contributed by atoms with Gasteiger partial charge in [0.1, 0.15) is 11.2 Å². The molecular formula is C56H43NO. The maximum atomic E-state index is 6.70. The summed E-state index contributed by atoms with van der Waals surface area (Å²) in [7, 11) is 0. The molecule has 0 atom stereocenters. The van der Waals surface area contributed by atoms with E-state index in [-0.39, 0.29) is 0 Å². The second-order valence-electron chi connectivity index (χ2n) is 15.8. The number of hydrogen-bond acceptors (Lipinski definition) is 2. The van der Waals surface area contributed by atoms with Crippen molar-refractivity contribution in [2.45, 2.75) is 38.0 Å². The number of hydrogen-bond donors (Lipinski definition) is 0. The van der Waals surface area contributed by atoms with Gasteiger partial charge in [-0.15, -0.1) is 0 Å². The van der Waals surface area contributed by atoms with Crippen LogP contribution in [-0.2, 0) is 0 Å². The lowest BCUT2D eigenvalue weighted by Crippen LogP contribution is -2.13. The zero-order chi connectivity index (χ0) is 38.4. The van der Waals surface area contributed by atoms with Gasteiger partial charge in [0.25, 0.3) is 0 Å². The molecular weight excluding hydrogens is 703 g/mol. The molecule has 0 unspecified atom stereocenters. The van der Waals surface area contributed by atoms with Crippen molar-refractivity contribution >= 4 is 60.5 Å². The first kappa shape index (κ1) is 34.4. The molecule has 1 aromatic heterocycles. The van der Waals surface area contributed by atoms with Gasteiger partial charge in [-0.1, -0.05) is 183 Å². The summed E-state index contributed by atoms with van der Waals surface area (Å²) in [6.07, 6.45) is 6.45. The Morgan fingerprint density at radius 2 is 0.983 bits per heavy atom. The van der Waals surface area contributed by atoms with Gasteiger partial charge in [0, 0.05) is 33.2 Å². The van der Waals surface area contributed by atoms with Gasteiger partial charge in [0.15, 0.2) is 0 Å². The molecule has 278 valence electrons. The van der Waals surface area contributed by atoms with Crippen LogP contribution in [0.4, 0.5) is 17.1 Å². The number of nitrogens with zero attached hydrogens (tertiary/aromatic N) is 1. The van der Waals surface area contributed by atoms with Crippen molar-refractivity contribution in [2.75, 3.05) is 4.90 Å². The van der Waals surface area contributed by atoms with E-state index in [1.54, 1.807) is 0 Å². The van der Waals surface area contributed by atoms with Gasteiger partial charge in [-0.3, -0.25) is 0 Å². The fraction of sp³-hybridized carbons (Fsp3) is 0.107. The molecule has 2 nitrogen and oxygen atoms in total. The van der Waals surface area contributed by atoms with E-state index < -0.39 is 0 Å². The number of rotatable bonds is 7. The zero-order valence-electron chi connectivity index (χ0n) is 32.4. The smallest absolute Gasteiger partial charge is 0.143 e. The van der Waals surface area contributed by atoms with Gasteiger partial charge >= 0.3 is 0 Å². The van der Waals surface area contributed by atoms with E-state index in [9.17, 15) is 0 Å². The molecule has 9 aromatic carbocycles. The Labute approximate surface area is 339 Å². The molecule has 11 rings (SSSR count). The molecule has 1 aliphatic carbocycles. The van der Waals surface area contributed by atoms with Crippen molar-refractivity contribution < 1.29 is 4.42 Å². The third-order valence-corrected chi connectivity index (χ3v) is 12.5. The summed E-state index contributed by atoms with van der Waals surface area (Å²) in [6.45, 7) is 0. The first-order valence-corrected chi connectivity index (χ1v) is 20.8. The van der Waals surface area contributed by atoms with Crippen molar-refractivity contribution in [3.05, 3.63) is 200 Å². The predicted octanol–water partition coefficient (Wildman–Crippen LogP) is 16.4. The Kier molecular flexibility index (Phi) is 8.62. The molecule has 10 aromatic rings. The minimum atomic E-state index is 0.573. The Balaban J connectivity index is 1.18. The lowest BCUT2D eigenvalue weighted by Gasteiger charge is -2.31. The van der Waals surface area contributed by atoms with Gasteiger partial charge in [-0.2, -0.15) is 0 Å². The summed E-state index contributed by atoms with van der Waals surface area (Å²) < 4.78 is 6.70. The van der Waals surface area contributed by atoms with E-state index in [1.165, 1.54) is 81.5 Å². The van der Waals surface area contributed by atoms with Crippen LogP contribution < -0.4 is 4.90 Å². The topological polar surface area (TPSA) is 16.4 Å². The summed E-state index contributed by atoms with van der Waals surface area (Å²) in [5.74, 6) is 0.573. The van der Waals surface area contributed by atoms with Crippen molar-refractivity contribution in [1.82, 2.24) is 0 Å². The minimum Gasteiger partial charge on any atom is -0.455 e. The first-order valence-electron chi connectivity index (χ1n) is 20.8. The average molecular weight is 746 g/mol. The van der Waals surface area contributed by atoms with E-state index in [0.717, 1.165) is 50.1 Å². The van der Waals surface area contributed by atoms with Crippen LogP contribution in [0.2, 0.25) is 0 Å². The molecule has 1 heterocycles. The zero-order valence-corrected chi connectivity index (χ0v) is 32.4. The Morgan fingerprint density at radius 3 is 1.81 bits per heavy atom. The maximum Gasteiger partial charge on any atom is 0.143 e. The van der Waals surface area contributed by atoms with Crippen LogP contribution >= 0.6 is 0 Å². The van der Waals surface area contributed by atoms with Crippen LogP contribution in [0.3, 0.4) is 0 Å². The normalized spacial score (nSPS) is 13.4. The number of benzene rings is 9. The van der Waals surface area contributed by atoms with Gasteiger partial charge in [0.2, 0.25) is 0 Å². The lowest BCUT2D eigenvalue weighted by molar-refractivity contribution is 0.445. The number of furan rings is 1. The second kappa shape index (κ2) is 14.6. The maximum absolute atomic E-state index is 6.70. The molecule has 0 aliphatic heterocycles. The van der Waals surface area contributed by atoms with E-state index >= 15 is 0 Å². The van der Waals surface area contributed by atoms with Gasteiger partial charge in [-0.05, 0) is 92.9 Å². The molecule has 2 heteroatoms. The van der Waals surface area contributed by atoms with Crippen molar-refractivity contribution in [3.8, 4) is 33.4 Å². The van der Waals surface area contributed by atoms with Gasteiger partial charge < -0.3 is 9.32 Å². The largest absolute Gasteiger partial charge is 0.455 e. The molecule has 1 aliphatic rings. The molecule has 1 fully saturated rings. The molecule has 0 N–H and O–H groups in total. The molecule has 0 amide bonds. The predicted molar refractivity (Wildman–Crippen MR) is 246 cm³/mol. The first-order chi connectivity index (χ1) is 28.8.